The van der Waals surface area contributed by atoms with Crippen LogP contribution in [-0.4, -0.2) is 5.78 Å². The second kappa shape index (κ2) is 6.27. The van der Waals surface area contributed by atoms with Crippen molar-refractivity contribution in [2.24, 2.45) is 0 Å². The Balaban J connectivity index is 1.62. The van der Waals surface area contributed by atoms with Gasteiger partial charge in [-0.15, -0.1) is 0 Å². The zero-order chi connectivity index (χ0) is 14.5. The van der Waals surface area contributed by atoms with Crippen molar-refractivity contribution in [3.63, 3.8) is 0 Å². The fraction of sp³-hybridized carbons (Fsp3) is 0.167. The molecular weight excluding hydrogens is 264 g/mol. The van der Waals surface area contributed by atoms with E-state index in [4.69, 9.17) is 9.47 Å². The molecule has 0 saturated heterocycles. The molecule has 1 heterocycles. The van der Waals surface area contributed by atoms with Crippen molar-refractivity contribution in [1.82, 2.24) is 0 Å². The van der Waals surface area contributed by atoms with Crippen molar-refractivity contribution < 1.29 is 14.3 Å². The van der Waals surface area contributed by atoms with Crippen LogP contribution in [0.25, 0.3) is 0 Å². The van der Waals surface area contributed by atoms with Crippen molar-refractivity contribution in [2.45, 2.75) is 19.1 Å². The molecule has 1 unspecified atom stereocenters. The van der Waals surface area contributed by atoms with Crippen molar-refractivity contribution in [2.75, 3.05) is 0 Å². The molecule has 0 aromatic heterocycles. The van der Waals surface area contributed by atoms with E-state index in [1.165, 1.54) is 12.3 Å². The molecule has 1 atom stereocenters. The summed E-state index contributed by atoms with van der Waals surface area (Å²) in [6.07, 6.45) is 3.14. The number of allylic oxidation sites excluding steroid dienone is 1. The van der Waals surface area contributed by atoms with Crippen LogP contribution in [0.3, 0.4) is 0 Å². The van der Waals surface area contributed by atoms with Gasteiger partial charge in [0.2, 0.25) is 0 Å². The van der Waals surface area contributed by atoms with Crippen molar-refractivity contribution >= 4 is 5.78 Å². The number of carbonyl (C=O) groups excluding carboxylic acids is 1. The van der Waals surface area contributed by atoms with Crippen molar-refractivity contribution in [3.8, 4) is 5.75 Å². The Hall–Kier alpha value is -2.55. The number of benzene rings is 2. The first-order chi connectivity index (χ1) is 10.3. The Labute approximate surface area is 123 Å². The predicted octanol–water partition coefficient (Wildman–Crippen LogP) is 3.81. The maximum Gasteiger partial charge on any atom is 0.162 e. The Morgan fingerprint density at radius 2 is 1.81 bits per heavy atom. The van der Waals surface area contributed by atoms with Crippen LogP contribution >= 0.6 is 0 Å². The van der Waals surface area contributed by atoms with Crippen molar-refractivity contribution in [3.05, 3.63) is 78.1 Å². The number of hydrogen-bond acceptors (Lipinski definition) is 3. The lowest BCUT2D eigenvalue weighted by atomic mass is 10.0. The van der Waals surface area contributed by atoms with Gasteiger partial charge in [-0.25, -0.2) is 0 Å². The van der Waals surface area contributed by atoms with E-state index in [-0.39, 0.29) is 11.9 Å². The van der Waals surface area contributed by atoms with Crippen LogP contribution in [0.1, 0.15) is 23.7 Å². The van der Waals surface area contributed by atoms with Gasteiger partial charge in [-0.2, -0.15) is 0 Å². The van der Waals surface area contributed by atoms with Gasteiger partial charge in [-0.05, 0) is 23.3 Å². The second-order valence-electron chi connectivity index (χ2n) is 4.94. The maximum atomic E-state index is 11.4. The molecule has 0 radical (unpaired) electrons. The van der Waals surface area contributed by atoms with Crippen molar-refractivity contribution in [1.29, 1.82) is 0 Å². The molecule has 2 aromatic rings. The van der Waals surface area contributed by atoms with Crippen LogP contribution in [-0.2, 0) is 16.1 Å². The van der Waals surface area contributed by atoms with E-state index in [1.54, 1.807) is 0 Å². The summed E-state index contributed by atoms with van der Waals surface area (Å²) in [4.78, 5) is 11.4. The molecule has 0 spiro atoms. The van der Waals surface area contributed by atoms with Gasteiger partial charge in [-0.3, -0.25) is 4.79 Å². The van der Waals surface area contributed by atoms with Crippen LogP contribution in [0.15, 0.2) is 66.9 Å². The van der Waals surface area contributed by atoms with Gasteiger partial charge in [-0.1, -0.05) is 42.5 Å². The first-order valence-corrected chi connectivity index (χ1v) is 6.93. The molecule has 0 saturated carbocycles. The minimum absolute atomic E-state index is 0.0932. The Morgan fingerprint density at radius 3 is 2.52 bits per heavy atom. The number of rotatable bonds is 4. The highest BCUT2D eigenvalue weighted by atomic mass is 16.5. The van der Waals surface area contributed by atoms with E-state index in [2.05, 4.69) is 0 Å². The molecule has 0 N–H and O–H groups in total. The van der Waals surface area contributed by atoms with E-state index in [0.717, 1.165) is 16.9 Å². The SMILES string of the molecule is O=C1C=COC(c2ccc(OCc3ccccc3)cc2)C1. The van der Waals surface area contributed by atoms with Gasteiger partial charge < -0.3 is 9.47 Å². The van der Waals surface area contributed by atoms with E-state index >= 15 is 0 Å². The summed E-state index contributed by atoms with van der Waals surface area (Å²) < 4.78 is 11.2. The minimum Gasteiger partial charge on any atom is -0.493 e. The van der Waals surface area contributed by atoms with Crippen LogP contribution < -0.4 is 4.74 Å². The average molecular weight is 280 g/mol. The highest BCUT2D eigenvalue weighted by Crippen LogP contribution is 2.26. The third-order valence-electron chi connectivity index (χ3n) is 3.38. The standard InChI is InChI=1S/C18H16O3/c19-16-10-11-20-18(12-16)15-6-8-17(9-7-15)21-13-14-4-2-1-3-5-14/h1-11,18H,12-13H2. The smallest absolute Gasteiger partial charge is 0.162 e. The zero-order valence-electron chi connectivity index (χ0n) is 11.6. The highest BCUT2D eigenvalue weighted by molar-refractivity contribution is 5.90. The number of ketones is 1. The van der Waals surface area contributed by atoms with E-state index in [1.807, 2.05) is 54.6 Å². The van der Waals surface area contributed by atoms with Crippen LogP contribution in [0.4, 0.5) is 0 Å². The highest BCUT2D eigenvalue weighted by Gasteiger charge is 2.18. The van der Waals surface area contributed by atoms with Gasteiger partial charge >= 0.3 is 0 Å². The Bertz CT molecular complexity index is 629. The van der Waals surface area contributed by atoms with E-state index in [0.29, 0.717) is 13.0 Å². The minimum atomic E-state index is -0.189. The second-order valence-corrected chi connectivity index (χ2v) is 4.94. The summed E-state index contributed by atoms with van der Waals surface area (Å²) >= 11 is 0. The molecule has 0 amide bonds. The normalized spacial score (nSPS) is 17.3. The Morgan fingerprint density at radius 1 is 1.05 bits per heavy atom. The van der Waals surface area contributed by atoms with Crippen LogP contribution in [0.2, 0.25) is 0 Å². The van der Waals surface area contributed by atoms with Gasteiger partial charge in [0, 0.05) is 6.08 Å². The zero-order valence-corrected chi connectivity index (χ0v) is 11.6. The van der Waals surface area contributed by atoms with Gasteiger partial charge in [0.05, 0.1) is 12.7 Å². The molecular formula is C18H16O3. The number of hydrogen-bond donors (Lipinski definition) is 0. The number of ether oxygens (including phenoxy) is 2. The maximum absolute atomic E-state index is 11.4. The monoisotopic (exact) mass is 280 g/mol. The van der Waals surface area contributed by atoms with Gasteiger partial charge in [0.25, 0.3) is 0 Å². The summed E-state index contributed by atoms with van der Waals surface area (Å²) in [5.41, 5.74) is 2.12. The van der Waals surface area contributed by atoms with Gasteiger partial charge in [0.1, 0.15) is 18.5 Å². The molecule has 2 aromatic carbocycles. The quantitative estimate of drug-likeness (QED) is 0.854. The molecule has 0 bridgehead atoms. The Kier molecular flexibility index (Phi) is 4.01. The molecule has 3 heteroatoms. The largest absolute Gasteiger partial charge is 0.493 e. The molecule has 3 rings (SSSR count). The lowest BCUT2D eigenvalue weighted by molar-refractivity contribution is -0.118. The summed E-state index contributed by atoms with van der Waals surface area (Å²) in [5, 5.41) is 0. The van der Waals surface area contributed by atoms with E-state index < -0.39 is 0 Å². The molecule has 1 aliphatic rings. The molecule has 1 aliphatic heterocycles. The molecule has 106 valence electrons. The third kappa shape index (κ3) is 3.51. The predicted molar refractivity (Wildman–Crippen MR) is 79.8 cm³/mol. The lowest BCUT2D eigenvalue weighted by Crippen LogP contribution is -2.11. The first-order valence-electron chi connectivity index (χ1n) is 6.93. The van der Waals surface area contributed by atoms with Gasteiger partial charge in [0.15, 0.2) is 5.78 Å². The molecule has 21 heavy (non-hydrogen) atoms. The summed E-state index contributed by atoms with van der Waals surface area (Å²) in [5.74, 6) is 0.899. The van der Waals surface area contributed by atoms with Crippen LogP contribution in [0.5, 0.6) is 5.75 Å². The topological polar surface area (TPSA) is 35.5 Å². The summed E-state index contributed by atoms with van der Waals surface area (Å²) in [6, 6.07) is 17.7. The molecule has 3 nitrogen and oxygen atoms in total. The summed E-state index contributed by atoms with van der Waals surface area (Å²) in [6.45, 7) is 0.543. The number of carbonyl (C=O) groups is 1. The summed E-state index contributed by atoms with van der Waals surface area (Å²) in [7, 11) is 0. The third-order valence-corrected chi connectivity index (χ3v) is 3.38. The lowest BCUT2D eigenvalue weighted by Gasteiger charge is -2.19. The molecule has 0 fully saturated rings. The fourth-order valence-electron chi connectivity index (χ4n) is 2.22. The first kappa shape index (κ1) is 13.4. The van der Waals surface area contributed by atoms with E-state index in [9.17, 15) is 4.79 Å². The molecule has 0 aliphatic carbocycles. The fourth-order valence-corrected chi connectivity index (χ4v) is 2.22. The average Bonchev–Trinajstić information content (AvgIpc) is 2.54. The van der Waals surface area contributed by atoms with Crippen LogP contribution in [0, 0.1) is 0 Å².